The normalized spacial score (nSPS) is 19.3. The molecule has 1 fully saturated rings. The summed E-state index contributed by atoms with van der Waals surface area (Å²) < 4.78 is 12.6. The van der Waals surface area contributed by atoms with Crippen LogP contribution in [-0.4, -0.2) is 17.9 Å². The highest BCUT2D eigenvalue weighted by Gasteiger charge is 2.26. The van der Waals surface area contributed by atoms with Crippen molar-refractivity contribution in [2.45, 2.75) is 18.9 Å². The van der Waals surface area contributed by atoms with Crippen molar-refractivity contribution in [1.82, 2.24) is 5.32 Å². The van der Waals surface area contributed by atoms with Gasteiger partial charge < -0.3 is 10.6 Å². The summed E-state index contributed by atoms with van der Waals surface area (Å²) in [7, 11) is 0. The molecule has 2 amide bonds. The van der Waals surface area contributed by atoms with Gasteiger partial charge in [0.25, 0.3) is 0 Å². The molecule has 0 unspecified atom stereocenters. The van der Waals surface area contributed by atoms with E-state index in [1.54, 1.807) is 0 Å². The lowest BCUT2D eigenvalue weighted by molar-refractivity contribution is -0.122. The molecule has 5 heteroatoms. The Morgan fingerprint density at radius 2 is 2.06 bits per heavy atom. The van der Waals surface area contributed by atoms with Crippen molar-refractivity contribution < 1.29 is 14.0 Å². The second-order valence-corrected chi connectivity index (χ2v) is 3.65. The zero-order chi connectivity index (χ0) is 11.5. The van der Waals surface area contributed by atoms with Gasteiger partial charge in [-0.05, 0) is 30.7 Å². The van der Waals surface area contributed by atoms with E-state index in [-0.39, 0.29) is 17.6 Å². The molecule has 1 aliphatic rings. The Kier molecular flexibility index (Phi) is 2.85. The minimum Gasteiger partial charge on any atom is -0.344 e. The van der Waals surface area contributed by atoms with Gasteiger partial charge in [-0.15, -0.1) is 0 Å². The maximum atomic E-state index is 12.6. The lowest BCUT2D eigenvalue weighted by Crippen LogP contribution is -2.37. The summed E-state index contributed by atoms with van der Waals surface area (Å²) in [5.41, 5.74) is 0.521. The SMILES string of the molecule is O=C1CC[C@H](C(=O)Nc2ccc(F)cc2)N1. The lowest BCUT2D eigenvalue weighted by Gasteiger charge is -2.10. The Bertz CT molecular complexity index is 416. The maximum Gasteiger partial charge on any atom is 0.246 e. The number of carbonyl (C=O) groups is 2. The molecule has 2 rings (SSSR count). The van der Waals surface area contributed by atoms with Crippen LogP contribution in [0.2, 0.25) is 0 Å². The minimum atomic E-state index is -0.474. The van der Waals surface area contributed by atoms with Crippen LogP contribution in [0, 0.1) is 5.82 Å². The standard InChI is InChI=1S/C11H11FN2O2/c12-7-1-3-8(4-2-7)13-11(16)9-5-6-10(15)14-9/h1-4,9H,5-6H2,(H,13,16)(H,14,15)/t9-/m1/s1. The molecule has 1 aromatic rings. The molecule has 16 heavy (non-hydrogen) atoms. The van der Waals surface area contributed by atoms with Gasteiger partial charge in [0.1, 0.15) is 11.9 Å². The Morgan fingerprint density at radius 3 is 2.62 bits per heavy atom. The first kappa shape index (κ1) is 10.6. The van der Waals surface area contributed by atoms with Crippen LogP contribution in [0.1, 0.15) is 12.8 Å². The molecule has 4 nitrogen and oxygen atoms in total. The van der Waals surface area contributed by atoms with E-state index >= 15 is 0 Å². The average Bonchev–Trinajstić information content (AvgIpc) is 2.68. The molecular weight excluding hydrogens is 211 g/mol. The van der Waals surface area contributed by atoms with Crippen molar-refractivity contribution in [2.24, 2.45) is 0 Å². The topological polar surface area (TPSA) is 58.2 Å². The molecule has 0 bridgehead atoms. The van der Waals surface area contributed by atoms with Gasteiger partial charge in [-0.2, -0.15) is 0 Å². The predicted molar refractivity (Wildman–Crippen MR) is 56.2 cm³/mol. The van der Waals surface area contributed by atoms with Crippen LogP contribution >= 0.6 is 0 Å². The van der Waals surface area contributed by atoms with E-state index in [0.29, 0.717) is 18.5 Å². The van der Waals surface area contributed by atoms with Crippen molar-refractivity contribution in [3.63, 3.8) is 0 Å². The average molecular weight is 222 g/mol. The van der Waals surface area contributed by atoms with Gasteiger partial charge in [0.15, 0.2) is 0 Å². The summed E-state index contributed by atoms with van der Waals surface area (Å²) in [6.45, 7) is 0. The summed E-state index contributed by atoms with van der Waals surface area (Å²) in [6.07, 6.45) is 0.882. The predicted octanol–water partition coefficient (Wildman–Crippen LogP) is 1.04. The highest BCUT2D eigenvalue weighted by molar-refractivity contribution is 5.98. The lowest BCUT2D eigenvalue weighted by atomic mass is 10.2. The smallest absolute Gasteiger partial charge is 0.246 e. The first-order valence-corrected chi connectivity index (χ1v) is 5.01. The van der Waals surface area contributed by atoms with E-state index in [0.717, 1.165) is 0 Å². The molecule has 1 atom stereocenters. The van der Waals surface area contributed by atoms with Crippen molar-refractivity contribution in [2.75, 3.05) is 5.32 Å². The second-order valence-electron chi connectivity index (χ2n) is 3.65. The second kappa shape index (κ2) is 4.30. The van der Waals surface area contributed by atoms with Crippen LogP contribution in [0.15, 0.2) is 24.3 Å². The highest BCUT2D eigenvalue weighted by Crippen LogP contribution is 2.12. The number of rotatable bonds is 2. The monoisotopic (exact) mass is 222 g/mol. The van der Waals surface area contributed by atoms with Crippen LogP contribution in [0.25, 0.3) is 0 Å². The number of hydrogen-bond donors (Lipinski definition) is 2. The Morgan fingerprint density at radius 1 is 1.38 bits per heavy atom. The third-order valence-corrected chi connectivity index (χ3v) is 2.42. The van der Waals surface area contributed by atoms with Gasteiger partial charge in [0.2, 0.25) is 11.8 Å². The van der Waals surface area contributed by atoms with Crippen molar-refractivity contribution in [3.8, 4) is 0 Å². The van der Waals surface area contributed by atoms with E-state index in [1.165, 1.54) is 24.3 Å². The van der Waals surface area contributed by atoms with E-state index in [1.807, 2.05) is 0 Å². The summed E-state index contributed by atoms with van der Waals surface area (Å²) in [4.78, 5) is 22.5. The van der Waals surface area contributed by atoms with Gasteiger partial charge in [0.05, 0.1) is 0 Å². The number of benzene rings is 1. The molecule has 1 saturated heterocycles. The number of nitrogens with one attached hydrogen (secondary N) is 2. The molecule has 1 heterocycles. The number of halogens is 1. The third kappa shape index (κ3) is 2.36. The minimum absolute atomic E-state index is 0.112. The Balaban J connectivity index is 1.97. The zero-order valence-corrected chi connectivity index (χ0v) is 8.50. The largest absolute Gasteiger partial charge is 0.344 e. The van der Waals surface area contributed by atoms with Crippen molar-refractivity contribution in [3.05, 3.63) is 30.1 Å². The van der Waals surface area contributed by atoms with Gasteiger partial charge in [-0.3, -0.25) is 9.59 Å². The fourth-order valence-corrected chi connectivity index (χ4v) is 1.57. The van der Waals surface area contributed by atoms with Crippen LogP contribution < -0.4 is 10.6 Å². The highest BCUT2D eigenvalue weighted by atomic mass is 19.1. The van der Waals surface area contributed by atoms with Gasteiger partial charge in [0, 0.05) is 12.1 Å². The number of carbonyl (C=O) groups excluding carboxylic acids is 2. The van der Waals surface area contributed by atoms with Gasteiger partial charge in [-0.25, -0.2) is 4.39 Å². The van der Waals surface area contributed by atoms with E-state index in [9.17, 15) is 14.0 Å². The third-order valence-electron chi connectivity index (χ3n) is 2.42. The van der Waals surface area contributed by atoms with E-state index in [2.05, 4.69) is 10.6 Å². The molecule has 1 aromatic carbocycles. The summed E-state index contributed by atoms with van der Waals surface area (Å²) in [6, 6.07) is 5.01. The Hall–Kier alpha value is -1.91. The molecule has 0 aromatic heterocycles. The summed E-state index contributed by atoms with van der Waals surface area (Å²) in [5, 5.41) is 5.17. The summed E-state index contributed by atoms with van der Waals surface area (Å²) in [5.74, 6) is -0.733. The van der Waals surface area contributed by atoms with Crippen molar-refractivity contribution >= 4 is 17.5 Å². The van der Waals surface area contributed by atoms with Crippen LogP contribution in [-0.2, 0) is 9.59 Å². The number of amides is 2. The van der Waals surface area contributed by atoms with Gasteiger partial charge in [-0.1, -0.05) is 0 Å². The van der Waals surface area contributed by atoms with Crippen LogP contribution in [0.5, 0.6) is 0 Å². The maximum absolute atomic E-state index is 12.6. The molecule has 84 valence electrons. The molecule has 0 saturated carbocycles. The van der Waals surface area contributed by atoms with Crippen LogP contribution in [0.4, 0.5) is 10.1 Å². The van der Waals surface area contributed by atoms with E-state index in [4.69, 9.17) is 0 Å². The zero-order valence-electron chi connectivity index (χ0n) is 8.50. The molecule has 0 radical (unpaired) electrons. The molecule has 1 aliphatic heterocycles. The first-order chi connectivity index (χ1) is 7.65. The molecule has 0 aliphatic carbocycles. The fourth-order valence-electron chi connectivity index (χ4n) is 1.57. The molecule has 2 N–H and O–H groups in total. The summed E-state index contributed by atoms with van der Waals surface area (Å²) >= 11 is 0. The van der Waals surface area contributed by atoms with Crippen molar-refractivity contribution in [1.29, 1.82) is 0 Å². The number of anilines is 1. The fraction of sp³-hybridized carbons (Fsp3) is 0.273. The first-order valence-electron chi connectivity index (χ1n) is 5.01. The Labute approximate surface area is 91.8 Å². The van der Waals surface area contributed by atoms with Gasteiger partial charge >= 0.3 is 0 Å². The van der Waals surface area contributed by atoms with E-state index < -0.39 is 6.04 Å². The quantitative estimate of drug-likeness (QED) is 0.785. The number of hydrogen-bond acceptors (Lipinski definition) is 2. The van der Waals surface area contributed by atoms with Crippen LogP contribution in [0.3, 0.4) is 0 Å². The molecular formula is C11H11FN2O2. The molecule has 0 spiro atoms.